The summed E-state index contributed by atoms with van der Waals surface area (Å²) in [5, 5.41) is 0. The van der Waals surface area contributed by atoms with Gasteiger partial charge in [-0.25, -0.2) is 4.79 Å². The third-order valence-corrected chi connectivity index (χ3v) is 3.71. The molecule has 0 bridgehead atoms. The zero-order valence-electron chi connectivity index (χ0n) is 15.0. The summed E-state index contributed by atoms with van der Waals surface area (Å²) in [6, 6.07) is 7.71. The van der Waals surface area contributed by atoms with Crippen LogP contribution in [0.4, 0.5) is 0 Å². The maximum Gasteiger partial charge on any atom is 0.335 e. The molecule has 138 valence electrons. The van der Waals surface area contributed by atoms with Crippen LogP contribution in [-0.2, 0) is 30.3 Å². The molecule has 0 N–H and O–H groups in total. The molecule has 0 spiro atoms. The van der Waals surface area contributed by atoms with Gasteiger partial charge in [0.25, 0.3) is 0 Å². The molecule has 1 aliphatic rings. The summed E-state index contributed by atoms with van der Waals surface area (Å²) in [5.74, 6) is 0.445. The first-order chi connectivity index (χ1) is 12.2. The second-order valence-corrected chi connectivity index (χ2v) is 5.57. The van der Waals surface area contributed by atoms with Crippen LogP contribution in [0.1, 0.15) is 25.8 Å². The van der Waals surface area contributed by atoms with E-state index < -0.39 is 12.4 Å². The van der Waals surface area contributed by atoms with Gasteiger partial charge in [-0.05, 0) is 43.2 Å². The highest BCUT2D eigenvalue weighted by Crippen LogP contribution is 2.22. The Labute approximate surface area is 148 Å². The highest BCUT2D eigenvalue weighted by Gasteiger charge is 2.29. The van der Waals surface area contributed by atoms with Gasteiger partial charge in [-0.15, -0.1) is 0 Å². The van der Waals surface area contributed by atoms with E-state index in [4.69, 9.17) is 23.7 Å². The van der Waals surface area contributed by atoms with Crippen LogP contribution in [0.25, 0.3) is 0 Å². The molecule has 1 aliphatic heterocycles. The van der Waals surface area contributed by atoms with Gasteiger partial charge in [0.2, 0.25) is 0 Å². The molecule has 6 heteroatoms. The molecule has 1 aromatic carbocycles. The number of carbonyl (C=O) groups excluding carboxylic acids is 1. The average Bonchev–Trinajstić information content (AvgIpc) is 2.62. The quantitative estimate of drug-likeness (QED) is 0.504. The van der Waals surface area contributed by atoms with E-state index in [9.17, 15) is 4.79 Å². The van der Waals surface area contributed by atoms with Crippen molar-refractivity contribution in [2.24, 2.45) is 0 Å². The molecule has 1 aromatic rings. The zero-order chi connectivity index (χ0) is 18.1. The van der Waals surface area contributed by atoms with Crippen LogP contribution in [-0.4, -0.2) is 45.3 Å². The predicted molar refractivity (Wildman–Crippen MR) is 92.3 cm³/mol. The summed E-state index contributed by atoms with van der Waals surface area (Å²) < 4.78 is 27.1. The highest BCUT2D eigenvalue weighted by atomic mass is 16.7. The molecule has 2 rings (SSSR count). The Balaban J connectivity index is 1.89. The van der Waals surface area contributed by atoms with Crippen molar-refractivity contribution in [3.05, 3.63) is 41.5 Å². The zero-order valence-corrected chi connectivity index (χ0v) is 15.0. The molecular weight excluding hydrogens is 324 g/mol. The molecule has 0 amide bonds. The van der Waals surface area contributed by atoms with Crippen LogP contribution < -0.4 is 4.74 Å². The molecule has 2 atom stereocenters. The predicted octanol–water partition coefficient (Wildman–Crippen LogP) is 2.85. The van der Waals surface area contributed by atoms with Crippen molar-refractivity contribution in [2.75, 3.05) is 26.9 Å². The first-order valence-electron chi connectivity index (χ1n) is 8.50. The van der Waals surface area contributed by atoms with Crippen LogP contribution in [0.2, 0.25) is 0 Å². The summed E-state index contributed by atoms with van der Waals surface area (Å²) in [6.45, 7) is 5.36. The normalized spacial score (nSPS) is 20.0. The number of hydrogen-bond acceptors (Lipinski definition) is 6. The molecule has 0 saturated heterocycles. The van der Waals surface area contributed by atoms with Crippen molar-refractivity contribution < 1.29 is 28.5 Å². The largest absolute Gasteiger partial charge is 0.497 e. The van der Waals surface area contributed by atoms with Crippen LogP contribution in [0.15, 0.2) is 35.9 Å². The minimum absolute atomic E-state index is 0.324. The van der Waals surface area contributed by atoms with E-state index in [0.29, 0.717) is 32.8 Å². The van der Waals surface area contributed by atoms with E-state index in [1.165, 1.54) is 0 Å². The lowest BCUT2D eigenvalue weighted by Gasteiger charge is -2.27. The maximum atomic E-state index is 12.0. The average molecular weight is 350 g/mol. The monoisotopic (exact) mass is 350 g/mol. The summed E-state index contributed by atoms with van der Waals surface area (Å²) in [7, 11) is 1.64. The molecule has 6 nitrogen and oxygen atoms in total. The third-order valence-electron chi connectivity index (χ3n) is 3.71. The Morgan fingerprint density at radius 3 is 2.56 bits per heavy atom. The lowest BCUT2D eigenvalue weighted by Crippen LogP contribution is -2.36. The Morgan fingerprint density at radius 1 is 1.16 bits per heavy atom. The fraction of sp³-hybridized carbons (Fsp3) is 0.526. The van der Waals surface area contributed by atoms with E-state index in [-0.39, 0.29) is 5.97 Å². The number of methoxy groups -OCH3 is 1. The SMILES string of the molecule is CCOC(=O)[C@@H]1CC(COCc2ccc(OC)cc2)=C[C@@H](OCC)O1. The van der Waals surface area contributed by atoms with Crippen LogP contribution in [0.5, 0.6) is 5.75 Å². The molecule has 1 heterocycles. The number of benzene rings is 1. The molecule has 0 radical (unpaired) electrons. The van der Waals surface area contributed by atoms with Gasteiger partial charge >= 0.3 is 5.97 Å². The van der Waals surface area contributed by atoms with Crippen molar-refractivity contribution in [1.29, 1.82) is 0 Å². The molecule has 0 unspecified atom stereocenters. The second-order valence-electron chi connectivity index (χ2n) is 5.57. The van der Waals surface area contributed by atoms with E-state index >= 15 is 0 Å². The number of rotatable bonds is 9. The lowest BCUT2D eigenvalue weighted by atomic mass is 10.1. The van der Waals surface area contributed by atoms with Crippen LogP contribution in [0.3, 0.4) is 0 Å². The summed E-state index contributed by atoms with van der Waals surface area (Å²) in [4.78, 5) is 12.0. The van der Waals surface area contributed by atoms with Gasteiger partial charge in [0.05, 0.1) is 26.9 Å². The van der Waals surface area contributed by atoms with Gasteiger partial charge in [0.1, 0.15) is 5.75 Å². The third kappa shape index (κ3) is 6.16. The second kappa shape index (κ2) is 10.2. The number of ether oxygens (including phenoxy) is 5. The molecular formula is C19H26O6. The Morgan fingerprint density at radius 2 is 1.92 bits per heavy atom. The van der Waals surface area contributed by atoms with Crippen molar-refractivity contribution in [1.82, 2.24) is 0 Å². The molecule has 0 aliphatic carbocycles. The lowest BCUT2D eigenvalue weighted by molar-refractivity contribution is -0.183. The van der Waals surface area contributed by atoms with Crippen LogP contribution in [0, 0.1) is 0 Å². The summed E-state index contributed by atoms with van der Waals surface area (Å²) in [6.07, 6.45) is 1.12. The summed E-state index contributed by atoms with van der Waals surface area (Å²) >= 11 is 0. The van der Waals surface area contributed by atoms with E-state index in [1.54, 1.807) is 14.0 Å². The van der Waals surface area contributed by atoms with Gasteiger partial charge < -0.3 is 23.7 Å². The first kappa shape index (κ1) is 19.4. The minimum atomic E-state index is -0.652. The van der Waals surface area contributed by atoms with Gasteiger partial charge in [-0.1, -0.05) is 12.1 Å². The smallest absolute Gasteiger partial charge is 0.335 e. The van der Waals surface area contributed by atoms with E-state index in [2.05, 4.69) is 0 Å². The van der Waals surface area contributed by atoms with E-state index in [1.807, 2.05) is 37.3 Å². The molecule has 0 saturated carbocycles. The number of hydrogen-bond donors (Lipinski definition) is 0. The molecule has 0 aromatic heterocycles. The van der Waals surface area contributed by atoms with Gasteiger partial charge in [-0.3, -0.25) is 0 Å². The van der Waals surface area contributed by atoms with Gasteiger partial charge in [0, 0.05) is 13.0 Å². The Hall–Kier alpha value is -1.89. The maximum absolute atomic E-state index is 12.0. The fourth-order valence-electron chi connectivity index (χ4n) is 2.50. The van der Waals surface area contributed by atoms with Gasteiger partial charge in [-0.2, -0.15) is 0 Å². The van der Waals surface area contributed by atoms with Crippen molar-refractivity contribution in [3.8, 4) is 5.75 Å². The highest BCUT2D eigenvalue weighted by molar-refractivity contribution is 5.75. The van der Waals surface area contributed by atoms with Crippen molar-refractivity contribution in [2.45, 2.75) is 39.3 Å². The van der Waals surface area contributed by atoms with Crippen molar-refractivity contribution in [3.63, 3.8) is 0 Å². The standard InChI is InChI=1S/C19H26O6/c1-4-23-18-11-15(10-17(25-18)19(20)24-5-2)13-22-12-14-6-8-16(21-3)9-7-14/h6-9,11,17-18H,4-5,10,12-13H2,1-3H3/t17-,18-/m0/s1. The fourth-order valence-corrected chi connectivity index (χ4v) is 2.50. The number of carbonyl (C=O) groups is 1. The Bertz CT molecular complexity index is 566. The number of esters is 1. The topological polar surface area (TPSA) is 63.2 Å². The first-order valence-corrected chi connectivity index (χ1v) is 8.50. The van der Waals surface area contributed by atoms with Crippen molar-refractivity contribution >= 4 is 5.97 Å². The van der Waals surface area contributed by atoms with E-state index in [0.717, 1.165) is 16.9 Å². The molecule has 25 heavy (non-hydrogen) atoms. The van der Waals surface area contributed by atoms with Crippen LogP contribution >= 0.6 is 0 Å². The van der Waals surface area contributed by atoms with Gasteiger partial charge in [0.15, 0.2) is 12.4 Å². The minimum Gasteiger partial charge on any atom is -0.497 e. The summed E-state index contributed by atoms with van der Waals surface area (Å²) in [5.41, 5.74) is 2.02. The Kier molecular flexibility index (Phi) is 7.91. The molecule has 0 fully saturated rings.